The summed E-state index contributed by atoms with van der Waals surface area (Å²) in [6.45, 7) is 3.01. The number of nitrogens with zero attached hydrogens (tertiary/aromatic N) is 4. The number of hydrogen-bond acceptors (Lipinski definition) is 11. The molecule has 5 N–H and O–H groups in total. The van der Waals surface area contributed by atoms with Gasteiger partial charge in [0.05, 0.1) is 18.8 Å². The summed E-state index contributed by atoms with van der Waals surface area (Å²) >= 11 is 1.07. The van der Waals surface area contributed by atoms with Crippen LogP contribution in [-0.2, 0) is 25.9 Å². The number of aromatic hydroxyl groups is 1. The number of pyridine rings is 1. The molecule has 0 spiro atoms. The first-order valence-electron chi connectivity index (χ1n) is 8.80. The van der Waals surface area contributed by atoms with Crippen LogP contribution >= 0.6 is 11.3 Å². The Labute approximate surface area is 179 Å². The third-order valence-corrected chi connectivity index (χ3v) is 5.25. The van der Waals surface area contributed by atoms with Crippen molar-refractivity contribution in [3.05, 3.63) is 39.3 Å². The Bertz CT molecular complexity index is 1110. The molecule has 0 aromatic carbocycles. The van der Waals surface area contributed by atoms with Crippen LogP contribution < -0.4 is 16.5 Å². The van der Waals surface area contributed by atoms with Crippen molar-refractivity contribution in [3.63, 3.8) is 0 Å². The lowest BCUT2D eigenvalue weighted by molar-refractivity contribution is -0.245. The molecule has 0 unspecified atom stereocenters. The number of hydroxylamine groups is 2. The van der Waals surface area contributed by atoms with E-state index in [0.717, 1.165) is 28.7 Å². The Hall–Kier alpha value is -3.65. The highest BCUT2D eigenvalue weighted by atomic mass is 32.1. The molecule has 1 saturated heterocycles. The van der Waals surface area contributed by atoms with Crippen molar-refractivity contribution in [2.75, 3.05) is 12.8 Å². The number of aromatic nitrogens is 2. The van der Waals surface area contributed by atoms with Crippen molar-refractivity contribution in [3.8, 4) is 5.75 Å². The summed E-state index contributed by atoms with van der Waals surface area (Å²) in [7, 11) is 1.35. The minimum atomic E-state index is -0.874. The van der Waals surface area contributed by atoms with Gasteiger partial charge < -0.3 is 26.2 Å². The van der Waals surface area contributed by atoms with Crippen molar-refractivity contribution < 1.29 is 29.6 Å². The van der Waals surface area contributed by atoms with E-state index in [9.17, 15) is 24.7 Å². The monoisotopic (exact) mass is 452 g/mol. The number of hydrogen-bond donors (Lipinski definition) is 4. The van der Waals surface area contributed by atoms with Crippen LogP contribution in [0.3, 0.4) is 0 Å². The Morgan fingerprint density at radius 1 is 1.45 bits per heavy atom. The minimum absolute atomic E-state index is 0.0323. The average Bonchev–Trinajstić information content (AvgIpc) is 3.13. The maximum Gasteiger partial charge on any atom is 0.276 e. The smallest absolute Gasteiger partial charge is 0.276 e. The first-order valence-corrected chi connectivity index (χ1v) is 9.68. The van der Waals surface area contributed by atoms with E-state index in [4.69, 9.17) is 15.4 Å². The molecule has 14 heteroatoms. The summed E-state index contributed by atoms with van der Waals surface area (Å²) in [4.78, 5) is 50.7. The Kier molecular flexibility index (Phi) is 5.85. The van der Waals surface area contributed by atoms with Crippen LogP contribution in [-0.4, -0.2) is 61.3 Å². The quantitative estimate of drug-likeness (QED) is 0.185. The standard InChI is InChI=1S/C17H20N6O7S/c1-17(2)13(15(27)23(17)29-3)20-14(26)12(9-7-31-16(18)19-9)21-30-6-8-4-10(24)11(25)5-22(8)28/h4-5,7,13,25,28H,6H2,1-3H3,(H2,18,19)(H,20,26)/b21-12-/t13-/m1/s1. The predicted octanol–water partition coefficient (Wildman–Crippen LogP) is -0.582. The molecule has 0 bridgehead atoms. The second kappa shape index (κ2) is 8.23. The van der Waals surface area contributed by atoms with E-state index in [-0.39, 0.29) is 22.2 Å². The van der Waals surface area contributed by atoms with E-state index in [0.29, 0.717) is 4.73 Å². The zero-order valence-electron chi connectivity index (χ0n) is 16.7. The number of nitrogens with two attached hydrogens (primary N) is 1. The normalized spacial score (nSPS) is 17.9. The molecule has 1 atom stereocenters. The second-order valence-electron chi connectivity index (χ2n) is 7.02. The van der Waals surface area contributed by atoms with Crippen LogP contribution in [0.2, 0.25) is 0 Å². The van der Waals surface area contributed by atoms with E-state index in [2.05, 4.69) is 15.5 Å². The maximum atomic E-state index is 12.8. The predicted molar refractivity (Wildman–Crippen MR) is 107 cm³/mol. The van der Waals surface area contributed by atoms with Gasteiger partial charge in [-0.1, -0.05) is 5.16 Å². The van der Waals surface area contributed by atoms with Crippen molar-refractivity contribution in [1.29, 1.82) is 0 Å². The second-order valence-corrected chi connectivity index (χ2v) is 7.91. The van der Waals surface area contributed by atoms with Gasteiger partial charge in [-0.25, -0.2) is 10.0 Å². The molecule has 0 saturated carbocycles. The van der Waals surface area contributed by atoms with E-state index in [1.165, 1.54) is 12.5 Å². The van der Waals surface area contributed by atoms with Gasteiger partial charge in [-0.15, -0.1) is 11.3 Å². The number of carbonyl (C=O) groups is 2. The molecular formula is C17H20N6O7S. The van der Waals surface area contributed by atoms with Gasteiger partial charge in [0.2, 0.25) is 5.43 Å². The molecule has 1 aliphatic rings. The number of amides is 2. The first-order chi connectivity index (χ1) is 14.6. The van der Waals surface area contributed by atoms with Gasteiger partial charge in [0.15, 0.2) is 23.2 Å². The average molecular weight is 452 g/mol. The highest BCUT2D eigenvalue weighted by Crippen LogP contribution is 2.31. The number of oxime groups is 1. The molecule has 13 nitrogen and oxygen atoms in total. The van der Waals surface area contributed by atoms with E-state index < -0.39 is 41.2 Å². The summed E-state index contributed by atoms with van der Waals surface area (Å²) in [6, 6.07) is 0.0705. The molecular weight excluding hydrogens is 432 g/mol. The van der Waals surface area contributed by atoms with Crippen LogP contribution in [0, 0.1) is 0 Å². The topological polar surface area (TPSA) is 182 Å². The number of nitrogen functional groups attached to an aromatic ring is 1. The Morgan fingerprint density at radius 2 is 2.16 bits per heavy atom. The molecule has 31 heavy (non-hydrogen) atoms. The van der Waals surface area contributed by atoms with Crippen molar-refractivity contribution in [2.45, 2.75) is 32.0 Å². The van der Waals surface area contributed by atoms with Crippen LogP contribution in [0.15, 0.2) is 27.6 Å². The third-order valence-electron chi connectivity index (χ3n) is 4.57. The van der Waals surface area contributed by atoms with Crippen molar-refractivity contribution in [2.24, 2.45) is 5.16 Å². The summed E-state index contributed by atoms with van der Waals surface area (Å²) in [5.74, 6) is -1.84. The SMILES string of the molecule is CON1C(=O)[C@@H](NC(=O)/C(=N\OCc2cc(=O)c(O)cn2O)c2csc(N)n2)C1(C)C. The molecule has 2 amide bonds. The molecule has 3 heterocycles. The molecule has 166 valence electrons. The zero-order chi connectivity index (χ0) is 22.9. The highest BCUT2D eigenvalue weighted by molar-refractivity contribution is 7.13. The van der Waals surface area contributed by atoms with Crippen molar-refractivity contribution >= 4 is 34.0 Å². The summed E-state index contributed by atoms with van der Waals surface area (Å²) in [5, 5.41) is 28.2. The summed E-state index contributed by atoms with van der Waals surface area (Å²) in [6.07, 6.45) is 0.797. The lowest BCUT2D eigenvalue weighted by Crippen LogP contribution is -2.76. The third kappa shape index (κ3) is 4.15. The van der Waals surface area contributed by atoms with Gasteiger partial charge in [0, 0.05) is 11.4 Å². The largest absolute Gasteiger partial charge is 0.503 e. The fourth-order valence-corrected chi connectivity index (χ4v) is 3.49. The molecule has 0 aliphatic carbocycles. The van der Waals surface area contributed by atoms with Gasteiger partial charge in [0.25, 0.3) is 11.8 Å². The Morgan fingerprint density at radius 3 is 2.74 bits per heavy atom. The molecule has 2 aromatic rings. The lowest BCUT2D eigenvalue weighted by Gasteiger charge is -2.51. The van der Waals surface area contributed by atoms with Gasteiger partial charge in [-0.3, -0.25) is 19.2 Å². The van der Waals surface area contributed by atoms with Crippen LogP contribution in [0.1, 0.15) is 25.2 Å². The van der Waals surface area contributed by atoms with Crippen molar-refractivity contribution in [1.82, 2.24) is 20.1 Å². The first kappa shape index (κ1) is 22.0. The van der Waals surface area contributed by atoms with E-state index >= 15 is 0 Å². The number of thiazole rings is 1. The summed E-state index contributed by atoms with van der Waals surface area (Å²) < 4.78 is 0.488. The van der Waals surface area contributed by atoms with Gasteiger partial charge in [-0.05, 0) is 13.8 Å². The molecule has 1 aliphatic heterocycles. The molecule has 0 radical (unpaired) electrons. The van der Waals surface area contributed by atoms with Gasteiger partial charge >= 0.3 is 0 Å². The Balaban J connectivity index is 1.81. The summed E-state index contributed by atoms with van der Waals surface area (Å²) in [5.41, 5.74) is 3.92. The number of anilines is 1. The minimum Gasteiger partial charge on any atom is -0.503 e. The van der Waals surface area contributed by atoms with Gasteiger partial charge in [0.1, 0.15) is 17.4 Å². The van der Waals surface area contributed by atoms with Crippen LogP contribution in [0.25, 0.3) is 0 Å². The maximum absolute atomic E-state index is 12.8. The van der Waals surface area contributed by atoms with E-state index in [1.807, 2.05) is 0 Å². The lowest BCUT2D eigenvalue weighted by atomic mass is 9.84. The molecule has 2 aromatic heterocycles. The van der Waals surface area contributed by atoms with Crippen LogP contribution in [0.4, 0.5) is 5.13 Å². The number of rotatable bonds is 7. The fourth-order valence-electron chi connectivity index (χ4n) is 2.94. The van der Waals surface area contributed by atoms with E-state index in [1.54, 1.807) is 13.8 Å². The zero-order valence-corrected chi connectivity index (χ0v) is 17.5. The fraction of sp³-hybridized carbons (Fsp3) is 0.353. The van der Waals surface area contributed by atoms with Gasteiger partial charge in [-0.2, -0.15) is 4.73 Å². The highest BCUT2D eigenvalue weighted by Gasteiger charge is 2.56. The van der Waals surface area contributed by atoms with Crippen LogP contribution in [0.5, 0.6) is 5.75 Å². The number of nitrogens with one attached hydrogen (secondary N) is 1. The molecule has 3 rings (SSSR count). The number of β-lactam (4-membered cyclic amide) rings is 1. The number of carbonyl (C=O) groups excluding carboxylic acids is 2. The molecule has 1 fully saturated rings.